The molecule has 0 heterocycles. The molecule has 0 saturated heterocycles. The lowest BCUT2D eigenvalue weighted by atomic mass is 10.1. The van der Waals surface area contributed by atoms with Gasteiger partial charge in [0.2, 0.25) is 0 Å². The molecular formula is C15H22O4. The first-order valence-electron chi connectivity index (χ1n) is 6.64. The second-order valence-corrected chi connectivity index (χ2v) is 4.06. The first-order chi connectivity index (χ1) is 9.17. The maximum atomic E-state index is 11.3. The number of rotatable bonds is 9. The van der Waals surface area contributed by atoms with Gasteiger partial charge in [0.25, 0.3) is 0 Å². The van der Waals surface area contributed by atoms with E-state index in [2.05, 4.69) is 0 Å². The van der Waals surface area contributed by atoms with Gasteiger partial charge in [-0.1, -0.05) is 12.1 Å². The Morgan fingerprint density at radius 2 is 1.89 bits per heavy atom. The lowest BCUT2D eigenvalue weighted by molar-refractivity contribution is -0.142. The highest BCUT2D eigenvalue weighted by Gasteiger charge is 2.08. The Labute approximate surface area is 114 Å². The number of Topliss-reactive ketones (excluding diaryl/α,β-unsaturated/α-hetero) is 1. The summed E-state index contributed by atoms with van der Waals surface area (Å²) in [6.07, 6.45) is 0.428. The smallest absolute Gasteiger partial charge is 0.160 e. The van der Waals surface area contributed by atoms with Crippen molar-refractivity contribution in [3.05, 3.63) is 29.8 Å². The van der Waals surface area contributed by atoms with Crippen molar-refractivity contribution < 1.29 is 19.0 Å². The van der Waals surface area contributed by atoms with Gasteiger partial charge in [0.05, 0.1) is 6.61 Å². The molecule has 1 rings (SSSR count). The third kappa shape index (κ3) is 5.85. The van der Waals surface area contributed by atoms with Crippen LogP contribution < -0.4 is 4.74 Å². The van der Waals surface area contributed by atoms with E-state index in [4.69, 9.17) is 14.2 Å². The summed E-state index contributed by atoms with van der Waals surface area (Å²) in [4.78, 5) is 11.3. The highest BCUT2D eigenvalue weighted by molar-refractivity contribution is 5.94. The monoisotopic (exact) mass is 266 g/mol. The van der Waals surface area contributed by atoms with Crippen molar-refractivity contribution in [3.63, 3.8) is 0 Å². The van der Waals surface area contributed by atoms with Gasteiger partial charge < -0.3 is 14.2 Å². The number of hydrogen-bond acceptors (Lipinski definition) is 4. The van der Waals surface area contributed by atoms with E-state index in [1.807, 2.05) is 26.0 Å². The fourth-order valence-corrected chi connectivity index (χ4v) is 1.66. The molecule has 4 heteroatoms. The van der Waals surface area contributed by atoms with Crippen molar-refractivity contribution in [3.8, 4) is 5.75 Å². The molecule has 0 N–H and O–H groups in total. The van der Waals surface area contributed by atoms with Gasteiger partial charge in [-0.2, -0.15) is 0 Å². The first kappa shape index (κ1) is 15.7. The minimum atomic E-state index is -0.231. The van der Waals surface area contributed by atoms with Crippen LogP contribution in [0.15, 0.2) is 24.3 Å². The normalized spacial score (nSPS) is 10.7. The average molecular weight is 266 g/mol. The van der Waals surface area contributed by atoms with Crippen LogP contribution >= 0.6 is 0 Å². The summed E-state index contributed by atoms with van der Waals surface area (Å²) in [7, 11) is 0. The van der Waals surface area contributed by atoms with Crippen molar-refractivity contribution in [1.82, 2.24) is 0 Å². The van der Waals surface area contributed by atoms with E-state index >= 15 is 0 Å². The molecule has 0 aliphatic rings. The SMILES string of the molecule is CCOC(CCOc1cccc(C(C)=O)c1)OCC. The van der Waals surface area contributed by atoms with Crippen molar-refractivity contribution in [1.29, 1.82) is 0 Å². The van der Waals surface area contributed by atoms with Crippen molar-refractivity contribution in [2.45, 2.75) is 33.5 Å². The van der Waals surface area contributed by atoms with Crippen LogP contribution in [0, 0.1) is 0 Å². The number of ether oxygens (including phenoxy) is 3. The summed E-state index contributed by atoms with van der Waals surface area (Å²) < 4.78 is 16.5. The van der Waals surface area contributed by atoms with E-state index in [1.165, 1.54) is 0 Å². The molecule has 1 aromatic carbocycles. The molecule has 0 aliphatic heterocycles. The molecule has 0 bridgehead atoms. The van der Waals surface area contributed by atoms with Gasteiger partial charge in [0.15, 0.2) is 12.1 Å². The summed E-state index contributed by atoms with van der Waals surface area (Å²) >= 11 is 0. The lowest BCUT2D eigenvalue weighted by Gasteiger charge is -2.17. The molecule has 19 heavy (non-hydrogen) atoms. The quantitative estimate of drug-likeness (QED) is 0.509. The second kappa shape index (κ2) is 8.67. The largest absolute Gasteiger partial charge is 0.493 e. The lowest BCUT2D eigenvalue weighted by Crippen LogP contribution is -2.20. The molecule has 1 aromatic rings. The Hall–Kier alpha value is -1.39. The van der Waals surface area contributed by atoms with Crippen LogP contribution in [0.4, 0.5) is 0 Å². The van der Waals surface area contributed by atoms with Crippen molar-refractivity contribution in [2.24, 2.45) is 0 Å². The molecule has 0 amide bonds. The van der Waals surface area contributed by atoms with Crippen molar-refractivity contribution >= 4 is 5.78 Å². The second-order valence-electron chi connectivity index (χ2n) is 4.06. The minimum absolute atomic E-state index is 0.0342. The van der Waals surface area contributed by atoms with Crippen LogP contribution in [-0.2, 0) is 9.47 Å². The minimum Gasteiger partial charge on any atom is -0.493 e. The van der Waals surface area contributed by atoms with E-state index in [-0.39, 0.29) is 12.1 Å². The zero-order valence-corrected chi connectivity index (χ0v) is 11.8. The molecule has 0 aromatic heterocycles. The molecule has 0 fully saturated rings. The van der Waals surface area contributed by atoms with Gasteiger partial charge in [-0.25, -0.2) is 0 Å². The van der Waals surface area contributed by atoms with Crippen LogP contribution in [0.2, 0.25) is 0 Å². The fourth-order valence-electron chi connectivity index (χ4n) is 1.66. The first-order valence-corrected chi connectivity index (χ1v) is 6.64. The zero-order chi connectivity index (χ0) is 14.1. The molecule has 0 aliphatic carbocycles. The molecule has 4 nitrogen and oxygen atoms in total. The molecular weight excluding hydrogens is 244 g/mol. The molecule has 0 saturated carbocycles. The van der Waals surface area contributed by atoms with E-state index in [0.29, 0.717) is 37.6 Å². The third-order valence-electron chi connectivity index (χ3n) is 2.57. The third-order valence-corrected chi connectivity index (χ3v) is 2.57. The summed E-state index contributed by atoms with van der Waals surface area (Å²) in [5, 5.41) is 0. The number of ketones is 1. The van der Waals surface area contributed by atoms with E-state index in [9.17, 15) is 4.79 Å². The molecule has 0 spiro atoms. The number of hydrogen-bond donors (Lipinski definition) is 0. The van der Waals surface area contributed by atoms with Gasteiger partial charge in [-0.3, -0.25) is 4.79 Å². The van der Waals surface area contributed by atoms with Gasteiger partial charge >= 0.3 is 0 Å². The number of carbonyl (C=O) groups excluding carboxylic acids is 1. The summed E-state index contributed by atoms with van der Waals surface area (Å²) in [5.41, 5.74) is 0.656. The summed E-state index contributed by atoms with van der Waals surface area (Å²) in [6.45, 7) is 7.13. The molecule has 0 atom stereocenters. The van der Waals surface area contributed by atoms with Crippen LogP contribution in [0.1, 0.15) is 37.6 Å². The topological polar surface area (TPSA) is 44.8 Å². The Bertz CT molecular complexity index is 383. The van der Waals surface area contributed by atoms with Crippen molar-refractivity contribution in [2.75, 3.05) is 19.8 Å². The highest BCUT2D eigenvalue weighted by atomic mass is 16.7. The van der Waals surface area contributed by atoms with Crippen LogP contribution in [0.5, 0.6) is 5.75 Å². The fraction of sp³-hybridized carbons (Fsp3) is 0.533. The van der Waals surface area contributed by atoms with Gasteiger partial charge in [0, 0.05) is 25.2 Å². The van der Waals surface area contributed by atoms with E-state index in [0.717, 1.165) is 0 Å². The molecule has 0 radical (unpaired) electrons. The maximum Gasteiger partial charge on any atom is 0.160 e. The van der Waals surface area contributed by atoms with E-state index in [1.54, 1.807) is 19.1 Å². The highest BCUT2D eigenvalue weighted by Crippen LogP contribution is 2.14. The number of benzene rings is 1. The predicted molar refractivity (Wildman–Crippen MR) is 73.6 cm³/mol. The Morgan fingerprint density at radius 1 is 1.21 bits per heavy atom. The summed E-state index contributed by atoms with van der Waals surface area (Å²) in [6, 6.07) is 7.18. The Kier molecular flexibility index (Phi) is 7.15. The average Bonchev–Trinajstić information content (AvgIpc) is 2.39. The maximum absolute atomic E-state index is 11.3. The predicted octanol–water partition coefficient (Wildman–Crippen LogP) is 3.06. The van der Waals surface area contributed by atoms with Crippen LogP contribution in [0.3, 0.4) is 0 Å². The van der Waals surface area contributed by atoms with Gasteiger partial charge in [-0.15, -0.1) is 0 Å². The Morgan fingerprint density at radius 3 is 2.47 bits per heavy atom. The zero-order valence-electron chi connectivity index (χ0n) is 11.8. The standard InChI is InChI=1S/C15H22O4/c1-4-17-15(18-5-2)9-10-19-14-8-6-7-13(11-14)12(3)16/h6-8,11,15H,4-5,9-10H2,1-3H3. The van der Waals surface area contributed by atoms with Crippen LogP contribution in [0.25, 0.3) is 0 Å². The molecule has 0 unspecified atom stereocenters. The molecule has 106 valence electrons. The van der Waals surface area contributed by atoms with E-state index < -0.39 is 0 Å². The van der Waals surface area contributed by atoms with Gasteiger partial charge in [0.1, 0.15) is 5.75 Å². The van der Waals surface area contributed by atoms with Crippen LogP contribution in [-0.4, -0.2) is 31.9 Å². The summed E-state index contributed by atoms with van der Waals surface area (Å²) in [5.74, 6) is 0.728. The Balaban J connectivity index is 2.43. The van der Waals surface area contributed by atoms with Gasteiger partial charge in [-0.05, 0) is 32.9 Å². The number of carbonyl (C=O) groups is 1.